The highest BCUT2D eigenvalue weighted by Crippen LogP contribution is 2.42. The molecule has 1 fully saturated rings. The summed E-state index contributed by atoms with van der Waals surface area (Å²) in [6, 6.07) is 10.3. The van der Waals surface area contributed by atoms with Crippen molar-refractivity contribution in [3.05, 3.63) is 60.0 Å². The van der Waals surface area contributed by atoms with Gasteiger partial charge in [0.15, 0.2) is 5.76 Å². The largest absolute Gasteiger partial charge is 0.497 e. The minimum Gasteiger partial charge on any atom is -0.497 e. The Morgan fingerprint density at radius 2 is 1.62 bits per heavy atom. The number of rotatable bonds is 5. The van der Waals surface area contributed by atoms with Crippen molar-refractivity contribution in [2.45, 2.75) is 24.4 Å². The molecular formula is C25H24F3N3O6. The van der Waals surface area contributed by atoms with E-state index in [4.69, 9.17) is 9.15 Å². The number of likely N-dealkylation sites (tertiary alicyclic amines) is 1. The number of aromatic nitrogens is 1. The van der Waals surface area contributed by atoms with Crippen molar-refractivity contribution < 1.29 is 42.2 Å². The van der Waals surface area contributed by atoms with Gasteiger partial charge in [0.1, 0.15) is 16.9 Å². The highest BCUT2D eigenvalue weighted by molar-refractivity contribution is 5.83. The molecule has 0 radical (unpaired) electrons. The van der Waals surface area contributed by atoms with Crippen LogP contribution in [0.15, 0.2) is 52.9 Å². The quantitative estimate of drug-likeness (QED) is 0.364. The van der Waals surface area contributed by atoms with E-state index in [2.05, 4.69) is 4.98 Å². The lowest BCUT2D eigenvalue weighted by atomic mass is 9.78. The van der Waals surface area contributed by atoms with Gasteiger partial charge in [0.05, 0.1) is 12.7 Å². The minimum atomic E-state index is -4.52. The number of benzene rings is 2. The molecular weight excluding hydrogens is 495 g/mol. The molecule has 1 aliphatic heterocycles. The lowest BCUT2D eigenvalue weighted by molar-refractivity contribution is -0.147. The fraction of sp³-hybridized carbons (Fsp3) is 0.320. The number of carbonyl (C=O) groups excluding carboxylic acids is 1. The summed E-state index contributed by atoms with van der Waals surface area (Å²) in [7, 11) is 2.67. The van der Waals surface area contributed by atoms with Crippen LogP contribution in [0.4, 0.5) is 18.0 Å². The third-order valence-electron chi connectivity index (χ3n) is 6.45. The third-order valence-corrected chi connectivity index (χ3v) is 6.45. The fourth-order valence-corrected chi connectivity index (χ4v) is 4.28. The molecule has 1 saturated heterocycles. The van der Waals surface area contributed by atoms with Gasteiger partial charge in [0.25, 0.3) is 0 Å². The first-order valence-corrected chi connectivity index (χ1v) is 11.2. The van der Waals surface area contributed by atoms with Crippen LogP contribution in [0.2, 0.25) is 0 Å². The first-order valence-electron chi connectivity index (χ1n) is 11.2. The van der Waals surface area contributed by atoms with Crippen molar-refractivity contribution in [3.8, 4) is 28.3 Å². The number of aliphatic carboxylic acids is 1. The average Bonchev–Trinajstić information content (AvgIpc) is 3.33. The topological polar surface area (TPSA) is 116 Å². The van der Waals surface area contributed by atoms with E-state index in [1.54, 1.807) is 24.3 Å². The van der Waals surface area contributed by atoms with Crippen molar-refractivity contribution in [1.29, 1.82) is 0 Å². The van der Waals surface area contributed by atoms with E-state index in [1.807, 2.05) is 0 Å². The van der Waals surface area contributed by atoms with Gasteiger partial charge in [-0.05, 0) is 49.2 Å². The van der Waals surface area contributed by atoms with Crippen molar-refractivity contribution in [1.82, 2.24) is 14.9 Å². The molecule has 0 saturated carbocycles. The lowest BCUT2D eigenvalue weighted by Crippen LogP contribution is -2.51. The molecule has 0 aliphatic carbocycles. The number of carboxylic acids is 1. The molecule has 0 bridgehead atoms. The maximum Gasteiger partial charge on any atom is 0.416 e. The molecule has 2 N–H and O–H groups in total. The van der Waals surface area contributed by atoms with Crippen LogP contribution in [0, 0.1) is 0 Å². The van der Waals surface area contributed by atoms with E-state index < -0.39 is 29.2 Å². The summed E-state index contributed by atoms with van der Waals surface area (Å²) in [5.74, 6) is -0.581. The molecule has 2 heterocycles. The van der Waals surface area contributed by atoms with Crippen LogP contribution in [-0.2, 0) is 16.4 Å². The molecule has 1 aliphatic rings. The summed E-state index contributed by atoms with van der Waals surface area (Å²) < 4.78 is 50.5. The first kappa shape index (κ1) is 26.0. The van der Waals surface area contributed by atoms with Crippen molar-refractivity contribution in [3.63, 3.8) is 0 Å². The fourth-order valence-electron chi connectivity index (χ4n) is 4.28. The van der Waals surface area contributed by atoms with Crippen LogP contribution in [0.1, 0.15) is 24.3 Å². The maximum absolute atomic E-state index is 13.1. The first-order chi connectivity index (χ1) is 17.5. The van der Waals surface area contributed by atoms with Crippen molar-refractivity contribution in [2.24, 2.45) is 0 Å². The Labute approximate surface area is 209 Å². The normalized spacial score (nSPS) is 15.4. The molecule has 0 spiro atoms. The van der Waals surface area contributed by atoms with Gasteiger partial charge in [-0.2, -0.15) is 13.2 Å². The molecule has 196 valence electrons. The average molecular weight is 519 g/mol. The van der Waals surface area contributed by atoms with E-state index in [9.17, 15) is 33.1 Å². The highest BCUT2D eigenvalue weighted by atomic mass is 19.4. The molecule has 12 heteroatoms. The summed E-state index contributed by atoms with van der Waals surface area (Å²) in [5, 5.41) is 20.1. The number of hydrogen-bond acceptors (Lipinski definition) is 6. The van der Waals surface area contributed by atoms with E-state index in [1.165, 1.54) is 31.2 Å². The number of hydrogen-bond donors (Lipinski definition) is 2. The molecule has 9 nitrogen and oxygen atoms in total. The summed E-state index contributed by atoms with van der Waals surface area (Å²) in [6.07, 6.45) is -4.61. The number of carboxylic acid groups (broad SMARTS) is 1. The number of carbonyl (C=O) groups is 2. The van der Waals surface area contributed by atoms with Crippen LogP contribution >= 0.6 is 0 Å². The number of urea groups is 1. The van der Waals surface area contributed by atoms with Gasteiger partial charge in [0.2, 0.25) is 5.89 Å². The van der Waals surface area contributed by atoms with Crippen LogP contribution in [-0.4, -0.2) is 64.5 Å². The Kier molecular flexibility index (Phi) is 6.87. The number of oxazole rings is 1. The predicted octanol–water partition coefficient (Wildman–Crippen LogP) is 4.90. The van der Waals surface area contributed by atoms with Crippen LogP contribution in [0.25, 0.3) is 22.6 Å². The van der Waals surface area contributed by atoms with Gasteiger partial charge >= 0.3 is 18.2 Å². The van der Waals surface area contributed by atoms with Gasteiger partial charge in [-0.25, -0.2) is 14.8 Å². The number of alkyl halides is 3. The Balaban J connectivity index is 1.79. The van der Waals surface area contributed by atoms with Crippen molar-refractivity contribution in [2.75, 3.05) is 27.2 Å². The molecule has 0 unspecified atom stereocenters. The van der Waals surface area contributed by atoms with Gasteiger partial charge in [-0.15, -0.1) is 0 Å². The SMILES string of the molecule is COc1ccc(-c2oc(C3(C(=O)O)CCN(C(=O)N(C)O)CC3)nc2-c2ccc(C(F)(F)F)cc2)cc1. The number of piperidine rings is 1. The number of amides is 2. The van der Waals surface area contributed by atoms with Gasteiger partial charge in [0, 0.05) is 31.3 Å². The van der Waals surface area contributed by atoms with Gasteiger partial charge in [-0.3, -0.25) is 10.0 Å². The van der Waals surface area contributed by atoms with E-state index in [0.717, 1.165) is 12.1 Å². The number of methoxy groups -OCH3 is 1. The molecule has 37 heavy (non-hydrogen) atoms. The minimum absolute atomic E-state index is 0.0197. The zero-order valence-corrected chi connectivity index (χ0v) is 20.0. The van der Waals surface area contributed by atoms with Crippen LogP contribution in [0.5, 0.6) is 5.75 Å². The zero-order chi connectivity index (χ0) is 27.0. The second-order valence-electron chi connectivity index (χ2n) is 8.68. The lowest BCUT2D eigenvalue weighted by Gasteiger charge is -2.37. The number of hydroxylamine groups is 2. The number of ether oxygens (including phenoxy) is 1. The Morgan fingerprint density at radius 3 is 2.11 bits per heavy atom. The summed E-state index contributed by atoms with van der Waals surface area (Å²) in [4.78, 5) is 30.4. The molecule has 2 aromatic carbocycles. The number of halogens is 3. The standard InChI is InChI=1S/C25H24F3N3O6/c1-30(35)23(34)31-13-11-24(12-14-31,22(32)33)21-29-19(15-3-7-17(8-4-15)25(26,27)28)20(37-21)16-5-9-18(36-2)10-6-16/h3-10,35H,11-14H2,1-2H3,(H,32,33). The predicted molar refractivity (Wildman–Crippen MR) is 124 cm³/mol. The third kappa shape index (κ3) is 4.96. The molecule has 2 amide bonds. The monoisotopic (exact) mass is 519 g/mol. The maximum atomic E-state index is 13.1. The van der Waals surface area contributed by atoms with Crippen LogP contribution < -0.4 is 4.74 Å². The Hall–Kier alpha value is -4.06. The molecule has 4 rings (SSSR count). The Bertz CT molecular complexity index is 1280. The van der Waals surface area contributed by atoms with Crippen molar-refractivity contribution >= 4 is 12.0 Å². The summed E-state index contributed by atoms with van der Waals surface area (Å²) in [6.45, 7) is 0.0395. The number of nitrogens with zero attached hydrogens (tertiary/aromatic N) is 3. The summed E-state index contributed by atoms with van der Waals surface area (Å²) >= 11 is 0. The van der Waals surface area contributed by atoms with E-state index in [-0.39, 0.29) is 43.3 Å². The van der Waals surface area contributed by atoms with Gasteiger partial charge < -0.3 is 19.2 Å². The smallest absolute Gasteiger partial charge is 0.416 e. The summed E-state index contributed by atoms with van der Waals surface area (Å²) in [5.41, 5.74) is -1.41. The Morgan fingerprint density at radius 1 is 1.05 bits per heavy atom. The molecule has 0 atom stereocenters. The second kappa shape index (κ2) is 9.77. The van der Waals surface area contributed by atoms with Gasteiger partial charge in [-0.1, -0.05) is 12.1 Å². The van der Waals surface area contributed by atoms with E-state index in [0.29, 0.717) is 21.9 Å². The molecule has 1 aromatic heterocycles. The molecule has 3 aromatic rings. The second-order valence-corrected chi connectivity index (χ2v) is 8.68. The zero-order valence-electron chi connectivity index (χ0n) is 20.0. The van der Waals surface area contributed by atoms with E-state index >= 15 is 0 Å². The highest BCUT2D eigenvalue weighted by Gasteiger charge is 2.49. The van der Waals surface area contributed by atoms with Crippen LogP contribution in [0.3, 0.4) is 0 Å².